The number of rotatable bonds is 2. The number of nitrogens with two attached hydrogens (primary N) is 3. The van der Waals surface area contributed by atoms with E-state index < -0.39 is 0 Å². The standard InChI is InChI=1S/C8H12N6.ClH/c9-7(10)14-8(11)13-5-6-2-1-3-12-4-6;/h1-4H,5H2,(H6,9,10,11,13,14);1H/p-1. The molecule has 1 rings (SSSR count). The van der Waals surface area contributed by atoms with Crippen LogP contribution in [0.5, 0.6) is 0 Å². The maximum absolute atomic E-state index is 5.40. The van der Waals surface area contributed by atoms with Gasteiger partial charge < -0.3 is 29.6 Å². The topological polar surface area (TPSA) is 116 Å². The lowest BCUT2D eigenvalue weighted by Crippen LogP contribution is -3.00. The van der Waals surface area contributed by atoms with Gasteiger partial charge >= 0.3 is 0 Å². The predicted octanol–water partition coefficient (Wildman–Crippen LogP) is -3.83. The van der Waals surface area contributed by atoms with Crippen LogP contribution in [-0.4, -0.2) is 16.9 Å². The minimum atomic E-state index is -0.0996. The molecule has 0 aliphatic carbocycles. The van der Waals surface area contributed by atoms with E-state index in [1.807, 2.05) is 12.1 Å². The van der Waals surface area contributed by atoms with Crippen molar-refractivity contribution in [1.82, 2.24) is 4.98 Å². The van der Waals surface area contributed by atoms with Crippen LogP contribution in [0.3, 0.4) is 0 Å². The molecular formula is C8H12ClN6-. The molecule has 0 saturated heterocycles. The Kier molecular flexibility index (Phi) is 5.81. The van der Waals surface area contributed by atoms with Crippen molar-refractivity contribution in [3.63, 3.8) is 0 Å². The summed E-state index contributed by atoms with van der Waals surface area (Å²) >= 11 is 0. The minimum Gasteiger partial charge on any atom is -1.00 e. The van der Waals surface area contributed by atoms with Gasteiger partial charge in [0, 0.05) is 12.4 Å². The van der Waals surface area contributed by atoms with Crippen LogP contribution in [0.4, 0.5) is 0 Å². The molecule has 0 aliphatic rings. The first-order chi connectivity index (χ1) is 6.68. The van der Waals surface area contributed by atoms with Gasteiger partial charge in [0.25, 0.3) is 0 Å². The van der Waals surface area contributed by atoms with E-state index in [0.717, 1.165) is 5.56 Å². The van der Waals surface area contributed by atoms with Gasteiger partial charge in [0.05, 0.1) is 6.54 Å². The Labute approximate surface area is 93.7 Å². The van der Waals surface area contributed by atoms with Crippen molar-refractivity contribution in [2.24, 2.45) is 27.2 Å². The van der Waals surface area contributed by atoms with Gasteiger partial charge in [-0.2, -0.15) is 4.99 Å². The van der Waals surface area contributed by atoms with E-state index in [2.05, 4.69) is 15.0 Å². The molecule has 0 amide bonds. The van der Waals surface area contributed by atoms with Crippen LogP contribution in [0.15, 0.2) is 34.5 Å². The number of aromatic nitrogens is 1. The van der Waals surface area contributed by atoms with Gasteiger partial charge in [-0.3, -0.25) is 4.98 Å². The van der Waals surface area contributed by atoms with Gasteiger partial charge in [0.15, 0.2) is 5.96 Å². The lowest BCUT2D eigenvalue weighted by Gasteiger charge is -1.95. The van der Waals surface area contributed by atoms with E-state index in [4.69, 9.17) is 17.2 Å². The molecular weight excluding hydrogens is 216 g/mol. The molecule has 0 spiro atoms. The van der Waals surface area contributed by atoms with E-state index in [1.54, 1.807) is 12.4 Å². The second-order valence-electron chi connectivity index (χ2n) is 2.57. The third-order valence-corrected chi connectivity index (χ3v) is 1.39. The third-order valence-electron chi connectivity index (χ3n) is 1.39. The first-order valence-electron chi connectivity index (χ1n) is 3.97. The van der Waals surface area contributed by atoms with Gasteiger partial charge in [-0.15, -0.1) is 0 Å². The third kappa shape index (κ3) is 5.48. The largest absolute Gasteiger partial charge is 1.00 e. The van der Waals surface area contributed by atoms with Crippen LogP contribution in [0.2, 0.25) is 0 Å². The Morgan fingerprint density at radius 2 is 2.07 bits per heavy atom. The lowest BCUT2D eigenvalue weighted by molar-refractivity contribution is -0.00000351. The fraction of sp³-hybridized carbons (Fsp3) is 0.125. The molecule has 0 atom stereocenters. The van der Waals surface area contributed by atoms with Crippen LogP contribution in [0.25, 0.3) is 0 Å². The quantitative estimate of drug-likeness (QED) is 0.355. The molecule has 15 heavy (non-hydrogen) atoms. The number of hydrogen-bond acceptors (Lipinski definition) is 2. The Balaban J connectivity index is 0.00000196. The van der Waals surface area contributed by atoms with Gasteiger partial charge in [-0.1, -0.05) is 6.07 Å². The summed E-state index contributed by atoms with van der Waals surface area (Å²) in [7, 11) is 0. The number of nitrogens with zero attached hydrogens (tertiary/aromatic N) is 3. The molecule has 6 nitrogen and oxygen atoms in total. The Bertz CT molecular complexity index is 343. The molecule has 1 heterocycles. The highest BCUT2D eigenvalue weighted by molar-refractivity contribution is 5.92. The zero-order chi connectivity index (χ0) is 10.4. The maximum Gasteiger partial charge on any atom is 0.218 e. The van der Waals surface area contributed by atoms with E-state index in [-0.39, 0.29) is 24.3 Å². The van der Waals surface area contributed by atoms with Gasteiger partial charge in [0.2, 0.25) is 5.96 Å². The summed E-state index contributed by atoms with van der Waals surface area (Å²) in [6, 6.07) is 3.71. The molecule has 1 aromatic heterocycles. The number of hydrogen-bond donors (Lipinski definition) is 3. The van der Waals surface area contributed by atoms with Crippen LogP contribution >= 0.6 is 0 Å². The van der Waals surface area contributed by atoms with Gasteiger partial charge in [-0.25, -0.2) is 4.99 Å². The Morgan fingerprint density at radius 1 is 1.33 bits per heavy atom. The Morgan fingerprint density at radius 3 is 2.60 bits per heavy atom. The molecule has 0 fully saturated rings. The summed E-state index contributed by atoms with van der Waals surface area (Å²) in [6.45, 7) is 0.413. The van der Waals surface area contributed by atoms with Crippen molar-refractivity contribution >= 4 is 11.9 Å². The highest BCUT2D eigenvalue weighted by Gasteiger charge is 1.91. The van der Waals surface area contributed by atoms with Crippen molar-refractivity contribution in [3.8, 4) is 0 Å². The molecule has 6 N–H and O–H groups in total. The first kappa shape index (κ1) is 13.2. The van der Waals surface area contributed by atoms with Crippen molar-refractivity contribution in [2.75, 3.05) is 0 Å². The molecule has 0 unspecified atom stereocenters. The second-order valence-corrected chi connectivity index (χ2v) is 2.57. The van der Waals surface area contributed by atoms with E-state index in [9.17, 15) is 0 Å². The monoisotopic (exact) mass is 227 g/mol. The summed E-state index contributed by atoms with van der Waals surface area (Å²) < 4.78 is 0. The smallest absolute Gasteiger partial charge is 0.218 e. The molecule has 7 heteroatoms. The summed E-state index contributed by atoms with van der Waals surface area (Å²) in [5, 5.41) is 0. The SMILES string of the molecule is NC(N)=NC(N)=NCc1cccnc1.[Cl-]. The first-order valence-corrected chi connectivity index (χ1v) is 3.97. The molecule has 0 bridgehead atoms. The van der Waals surface area contributed by atoms with Gasteiger partial charge in [0.1, 0.15) is 0 Å². The Hall–Kier alpha value is -1.82. The average Bonchev–Trinajstić information content (AvgIpc) is 2.15. The molecule has 0 aromatic carbocycles. The fourth-order valence-electron chi connectivity index (χ4n) is 0.832. The van der Waals surface area contributed by atoms with E-state index in [1.165, 1.54) is 0 Å². The van der Waals surface area contributed by atoms with E-state index >= 15 is 0 Å². The fourth-order valence-corrected chi connectivity index (χ4v) is 0.832. The van der Waals surface area contributed by atoms with Gasteiger partial charge in [-0.05, 0) is 11.6 Å². The minimum absolute atomic E-state index is 0. The van der Waals surface area contributed by atoms with Crippen molar-refractivity contribution in [2.45, 2.75) is 6.54 Å². The van der Waals surface area contributed by atoms with Crippen molar-refractivity contribution < 1.29 is 12.4 Å². The highest BCUT2D eigenvalue weighted by Crippen LogP contribution is 1.97. The normalized spacial score (nSPS) is 10.3. The van der Waals surface area contributed by atoms with Crippen LogP contribution < -0.4 is 29.6 Å². The molecule has 0 radical (unpaired) electrons. The van der Waals surface area contributed by atoms with Crippen LogP contribution in [-0.2, 0) is 6.54 Å². The zero-order valence-electron chi connectivity index (χ0n) is 7.97. The average molecular weight is 228 g/mol. The lowest BCUT2D eigenvalue weighted by atomic mass is 10.3. The van der Waals surface area contributed by atoms with Crippen LogP contribution in [0, 0.1) is 0 Å². The summed E-state index contributed by atoms with van der Waals surface area (Å²) in [5.41, 5.74) is 16.6. The highest BCUT2D eigenvalue weighted by atomic mass is 35.5. The number of aliphatic imine (C=N–C) groups is 2. The molecule has 82 valence electrons. The van der Waals surface area contributed by atoms with Crippen molar-refractivity contribution in [3.05, 3.63) is 30.1 Å². The molecule has 0 aliphatic heterocycles. The summed E-state index contributed by atoms with van der Waals surface area (Å²) in [5.74, 6) is -0.0358. The number of pyridine rings is 1. The van der Waals surface area contributed by atoms with E-state index in [0.29, 0.717) is 6.54 Å². The summed E-state index contributed by atoms with van der Waals surface area (Å²) in [6.07, 6.45) is 3.39. The van der Waals surface area contributed by atoms with Crippen molar-refractivity contribution in [1.29, 1.82) is 0 Å². The second kappa shape index (κ2) is 6.61. The van der Waals surface area contributed by atoms with Crippen LogP contribution in [0.1, 0.15) is 5.56 Å². The number of guanidine groups is 2. The number of halogens is 1. The molecule has 0 saturated carbocycles. The molecule has 1 aromatic rings. The maximum atomic E-state index is 5.40. The zero-order valence-corrected chi connectivity index (χ0v) is 8.72. The summed E-state index contributed by atoms with van der Waals surface area (Å²) in [4.78, 5) is 11.4. The predicted molar refractivity (Wildman–Crippen MR) is 55.4 cm³/mol.